The van der Waals surface area contributed by atoms with E-state index in [0.29, 0.717) is 11.3 Å². The summed E-state index contributed by atoms with van der Waals surface area (Å²) in [5.41, 5.74) is 0.564. The molecule has 6 nitrogen and oxygen atoms in total. The van der Waals surface area contributed by atoms with Crippen molar-refractivity contribution in [2.45, 2.75) is 30.5 Å². The van der Waals surface area contributed by atoms with Gasteiger partial charge in [0.25, 0.3) is 0 Å². The van der Waals surface area contributed by atoms with Gasteiger partial charge in [0.05, 0.1) is 18.4 Å². The Bertz CT molecular complexity index is 585. The molecular weight excluding hydrogens is 276 g/mol. The van der Waals surface area contributed by atoms with Crippen molar-refractivity contribution >= 4 is 17.7 Å². The van der Waals surface area contributed by atoms with Gasteiger partial charge in [-0.2, -0.15) is 0 Å². The summed E-state index contributed by atoms with van der Waals surface area (Å²) in [6.45, 7) is 2.87. The first-order valence-electron chi connectivity index (χ1n) is 6.31. The van der Waals surface area contributed by atoms with Crippen LogP contribution in [-0.2, 0) is 17.0 Å². The van der Waals surface area contributed by atoms with Crippen LogP contribution in [-0.4, -0.2) is 33.3 Å². The minimum atomic E-state index is -0.332. The molecule has 106 valence electrons. The average Bonchev–Trinajstić information content (AvgIpc) is 2.92. The Hall–Kier alpha value is -1.89. The number of benzene rings is 1. The normalized spacial score (nSPS) is 10.5. The number of thioether (sulfide) groups is 1. The van der Waals surface area contributed by atoms with Crippen molar-refractivity contribution in [1.29, 1.82) is 0 Å². The largest absolute Gasteiger partial charge is 0.465 e. The number of esters is 1. The fourth-order valence-corrected chi connectivity index (χ4v) is 2.70. The summed E-state index contributed by atoms with van der Waals surface area (Å²) >= 11 is 1.52. The molecule has 1 heterocycles. The van der Waals surface area contributed by atoms with E-state index in [1.807, 2.05) is 18.2 Å². The Morgan fingerprint density at radius 3 is 2.95 bits per heavy atom. The Balaban J connectivity index is 2.11. The molecule has 0 bridgehead atoms. The first-order valence-corrected chi connectivity index (χ1v) is 7.30. The standard InChI is InChI=1S/C13H16N4O2S/c1-3-8-17-12(14-15-16-17)9-20-11-7-5-4-6-10(11)13(18)19-2/h4-7H,3,8-9H2,1-2H3. The zero-order valence-electron chi connectivity index (χ0n) is 11.4. The van der Waals surface area contributed by atoms with Crippen molar-refractivity contribution < 1.29 is 9.53 Å². The van der Waals surface area contributed by atoms with Gasteiger partial charge < -0.3 is 4.74 Å². The van der Waals surface area contributed by atoms with E-state index < -0.39 is 0 Å². The molecule has 0 atom stereocenters. The van der Waals surface area contributed by atoms with Crippen LogP contribution in [0, 0.1) is 0 Å². The quantitative estimate of drug-likeness (QED) is 0.600. The molecule has 0 saturated carbocycles. The van der Waals surface area contributed by atoms with E-state index in [1.165, 1.54) is 18.9 Å². The number of methoxy groups -OCH3 is 1. The van der Waals surface area contributed by atoms with E-state index >= 15 is 0 Å². The predicted octanol–water partition coefficient (Wildman–Crippen LogP) is 2.16. The molecule has 0 unspecified atom stereocenters. The minimum Gasteiger partial charge on any atom is -0.465 e. The number of nitrogens with zero attached hydrogens (tertiary/aromatic N) is 4. The number of hydrogen-bond donors (Lipinski definition) is 0. The van der Waals surface area contributed by atoms with Gasteiger partial charge in [0, 0.05) is 11.4 Å². The van der Waals surface area contributed by atoms with Gasteiger partial charge >= 0.3 is 5.97 Å². The van der Waals surface area contributed by atoms with E-state index in [4.69, 9.17) is 4.74 Å². The highest BCUT2D eigenvalue weighted by atomic mass is 32.2. The molecule has 1 aromatic heterocycles. The third-order valence-corrected chi connectivity index (χ3v) is 3.76. The molecule has 7 heteroatoms. The van der Waals surface area contributed by atoms with Crippen LogP contribution in [0.4, 0.5) is 0 Å². The zero-order chi connectivity index (χ0) is 14.4. The lowest BCUT2D eigenvalue weighted by atomic mass is 10.2. The lowest BCUT2D eigenvalue weighted by Gasteiger charge is -2.07. The lowest BCUT2D eigenvalue weighted by molar-refractivity contribution is 0.0597. The van der Waals surface area contributed by atoms with Crippen molar-refractivity contribution in [1.82, 2.24) is 20.2 Å². The number of carbonyl (C=O) groups is 1. The topological polar surface area (TPSA) is 69.9 Å². The van der Waals surface area contributed by atoms with Gasteiger partial charge in [0.2, 0.25) is 0 Å². The number of aromatic nitrogens is 4. The van der Waals surface area contributed by atoms with Gasteiger partial charge in [-0.3, -0.25) is 0 Å². The highest BCUT2D eigenvalue weighted by Crippen LogP contribution is 2.26. The predicted molar refractivity (Wildman–Crippen MR) is 75.5 cm³/mol. The smallest absolute Gasteiger partial charge is 0.338 e. The molecule has 1 aromatic carbocycles. The van der Waals surface area contributed by atoms with Crippen LogP contribution in [0.15, 0.2) is 29.2 Å². The van der Waals surface area contributed by atoms with E-state index in [2.05, 4.69) is 22.4 Å². The lowest BCUT2D eigenvalue weighted by Crippen LogP contribution is -2.05. The molecule has 2 rings (SSSR count). The van der Waals surface area contributed by atoms with Crippen molar-refractivity contribution in [2.24, 2.45) is 0 Å². The van der Waals surface area contributed by atoms with Gasteiger partial charge in [-0.25, -0.2) is 9.48 Å². The molecular formula is C13H16N4O2S. The van der Waals surface area contributed by atoms with Gasteiger partial charge in [0.15, 0.2) is 5.82 Å². The molecule has 2 aromatic rings. The second-order valence-corrected chi connectivity index (χ2v) is 5.11. The van der Waals surface area contributed by atoms with Crippen molar-refractivity contribution in [3.63, 3.8) is 0 Å². The Labute approximate surface area is 121 Å². The minimum absolute atomic E-state index is 0.332. The maximum Gasteiger partial charge on any atom is 0.338 e. The summed E-state index contributed by atoms with van der Waals surface area (Å²) in [5.74, 6) is 1.08. The van der Waals surface area contributed by atoms with Gasteiger partial charge in [-0.15, -0.1) is 16.9 Å². The third-order valence-electron chi connectivity index (χ3n) is 2.69. The van der Waals surface area contributed by atoms with Gasteiger partial charge in [-0.1, -0.05) is 19.1 Å². The number of carbonyl (C=O) groups excluding carboxylic acids is 1. The molecule has 0 amide bonds. The van der Waals surface area contributed by atoms with Crippen LogP contribution in [0.3, 0.4) is 0 Å². The van der Waals surface area contributed by atoms with Crippen molar-refractivity contribution in [3.8, 4) is 0 Å². The van der Waals surface area contributed by atoms with Gasteiger partial charge in [-0.05, 0) is 29.0 Å². The second-order valence-electron chi connectivity index (χ2n) is 4.09. The molecule has 0 spiro atoms. The molecule has 20 heavy (non-hydrogen) atoms. The fraction of sp³-hybridized carbons (Fsp3) is 0.385. The molecule has 0 saturated heterocycles. The number of tetrazole rings is 1. The molecule has 0 N–H and O–H groups in total. The van der Waals surface area contributed by atoms with E-state index in [1.54, 1.807) is 10.7 Å². The Morgan fingerprint density at radius 1 is 1.40 bits per heavy atom. The maximum absolute atomic E-state index is 11.7. The Morgan fingerprint density at radius 2 is 2.20 bits per heavy atom. The summed E-state index contributed by atoms with van der Waals surface area (Å²) in [7, 11) is 1.38. The maximum atomic E-state index is 11.7. The summed E-state index contributed by atoms with van der Waals surface area (Å²) in [4.78, 5) is 12.6. The summed E-state index contributed by atoms with van der Waals surface area (Å²) < 4.78 is 6.56. The molecule has 0 aliphatic carbocycles. The van der Waals surface area contributed by atoms with Crippen LogP contribution in [0.1, 0.15) is 29.5 Å². The molecule has 0 fully saturated rings. The van der Waals surface area contributed by atoms with Gasteiger partial charge in [0.1, 0.15) is 0 Å². The summed E-state index contributed by atoms with van der Waals surface area (Å²) in [6, 6.07) is 7.36. The molecule has 0 aliphatic rings. The molecule has 0 radical (unpaired) electrons. The van der Waals surface area contributed by atoms with Crippen LogP contribution in [0.25, 0.3) is 0 Å². The fourth-order valence-electron chi connectivity index (χ4n) is 1.73. The van der Waals surface area contributed by atoms with Crippen molar-refractivity contribution in [3.05, 3.63) is 35.7 Å². The summed E-state index contributed by atoms with van der Waals surface area (Å²) in [5, 5.41) is 11.6. The number of hydrogen-bond acceptors (Lipinski definition) is 6. The monoisotopic (exact) mass is 292 g/mol. The summed E-state index contributed by atoms with van der Waals surface area (Å²) in [6.07, 6.45) is 0.974. The first-order chi connectivity index (χ1) is 9.76. The third kappa shape index (κ3) is 3.36. The first kappa shape index (κ1) is 14.5. The SMILES string of the molecule is CCCn1nnnc1CSc1ccccc1C(=O)OC. The average molecular weight is 292 g/mol. The zero-order valence-corrected chi connectivity index (χ0v) is 12.3. The number of ether oxygens (including phenoxy) is 1. The van der Waals surface area contributed by atoms with Crippen LogP contribution in [0.2, 0.25) is 0 Å². The van der Waals surface area contributed by atoms with Crippen molar-refractivity contribution in [2.75, 3.05) is 7.11 Å². The van der Waals surface area contributed by atoms with E-state index in [0.717, 1.165) is 23.7 Å². The second kappa shape index (κ2) is 7.04. The van der Waals surface area contributed by atoms with Crippen LogP contribution in [0.5, 0.6) is 0 Å². The number of aryl methyl sites for hydroxylation is 1. The number of rotatable bonds is 6. The highest BCUT2D eigenvalue weighted by molar-refractivity contribution is 7.98. The van der Waals surface area contributed by atoms with E-state index in [9.17, 15) is 4.79 Å². The highest BCUT2D eigenvalue weighted by Gasteiger charge is 2.13. The van der Waals surface area contributed by atoms with Crippen LogP contribution < -0.4 is 0 Å². The molecule has 0 aliphatic heterocycles. The van der Waals surface area contributed by atoms with Crippen LogP contribution >= 0.6 is 11.8 Å². The van der Waals surface area contributed by atoms with E-state index in [-0.39, 0.29) is 5.97 Å². The Kier molecular flexibility index (Phi) is 5.11.